The van der Waals surface area contributed by atoms with Gasteiger partial charge in [-0.2, -0.15) is 0 Å². The second kappa shape index (κ2) is 4.47. The van der Waals surface area contributed by atoms with Crippen LogP contribution in [-0.4, -0.2) is 22.6 Å². The Labute approximate surface area is 91.5 Å². The van der Waals surface area contributed by atoms with Gasteiger partial charge in [0.05, 0.1) is 0 Å². The van der Waals surface area contributed by atoms with E-state index in [-0.39, 0.29) is 5.54 Å². The number of anilines is 2. The predicted molar refractivity (Wildman–Crippen MR) is 64.3 cm³/mol. The van der Waals surface area contributed by atoms with Crippen molar-refractivity contribution in [2.24, 2.45) is 0 Å². The van der Waals surface area contributed by atoms with Crippen LogP contribution in [0.2, 0.25) is 0 Å². The first-order valence-electron chi connectivity index (χ1n) is 5.28. The molecule has 0 aromatic carbocycles. The van der Waals surface area contributed by atoms with Crippen LogP contribution in [-0.2, 0) is 0 Å². The summed E-state index contributed by atoms with van der Waals surface area (Å²) in [5.41, 5.74) is 0.0613. The molecule has 0 aliphatic carbocycles. The Morgan fingerprint density at radius 3 is 2.40 bits per heavy atom. The van der Waals surface area contributed by atoms with E-state index >= 15 is 0 Å². The second-order valence-electron chi connectivity index (χ2n) is 4.30. The summed E-state index contributed by atoms with van der Waals surface area (Å²) < 4.78 is 0. The molecule has 0 aliphatic heterocycles. The molecule has 4 heteroatoms. The number of hydrogen-bond acceptors (Lipinski definition) is 4. The maximum absolute atomic E-state index is 4.35. The summed E-state index contributed by atoms with van der Waals surface area (Å²) in [4.78, 5) is 8.60. The van der Waals surface area contributed by atoms with Gasteiger partial charge < -0.3 is 10.6 Å². The molecule has 0 bridgehead atoms. The molecule has 0 radical (unpaired) electrons. The first-order chi connectivity index (χ1) is 6.96. The van der Waals surface area contributed by atoms with E-state index in [0.717, 1.165) is 23.9 Å². The minimum Gasteiger partial charge on any atom is -0.373 e. The average Bonchev–Trinajstić information content (AvgIpc) is 2.16. The van der Waals surface area contributed by atoms with Gasteiger partial charge in [-0.1, -0.05) is 6.92 Å². The lowest BCUT2D eigenvalue weighted by molar-refractivity contribution is 0.544. The van der Waals surface area contributed by atoms with Gasteiger partial charge in [0.2, 0.25) is 0 Å². The van der Waals surface area contributed by atoms with Crippen molar-refractivity contribution in [1.82, 2.24) is 9.97 Å². The molecule has 0 aliphatic rings. The Morgan fingerprint density at radius 1 is 1.27 bits per heavy atom. The zero-order chi connectivity index (χ0) is 11.5. The van der Waals surface area contributed by atoms with Crippen molar-refractivity contribution in [2.45, 2.75) is 39.7 Å². The van der Waals surface area contributed by atoms with Crippen LogP contribution in [0.5, 0.6) is 0 Å². The van der Waals surface area contributed by atoms with Crippen LogP contribution in [0.25, 0.3) is 0 Å². The number of aromatic nitrogens is 2. The van der Waals surface area contributed by atoms with E-state index < -0.39 is 0 Å². The fourth-order valence-electron chi connectivity index (χ4n) is 1.19. The van der Waals surface area contributed by atoms with Crippen molar-refractivity contribution in [2.75, 3.05) is 17.7 Å². The number of rotatable bonds is 4. The average molecular weight is 208 g/mol. The summed E-state index contributed by atoms with van der Waals surface area (Å²) in [6.07, 6.45) is 1.05. The zero-order valence-corrected chi connectivity index (χ0v) is 10.2. The molecule has 2 N–H and O–H groups in total. The minimum atomic E-state index is 0.0613. The maximum atomic E-state index is 4.35. The first-order valence-corrected chi connectivity index (χ1v) is 5.28. The summed E-state index contributed by atoms with van der Waals surface area (Å²) >= 11 is 0. The maximum Gasteiger partial charge on any atom is 0.132 e. The molecular formula is C11H20N4. The molecule has 0 saturated carbocycles. The lowest BCUT2D eigenvalue weighted by Crippen LogP contribution is -2.30. The fourth-order valence-corrected chi connectivity index (χ4v) is 1.19. The molecule has 0 fully saturated rings. The van der Waals surface area contributed by atoms with Gasteiger partial charge in [-0.3, -0.25) is 0 Å². The van der Waals surface area contributed by atoms with Crippen LogP contribution in [0, 0.1) is 6.92 Å². The van der Waals surface area contributed by atoms with Crippen molar-refractivity contribution in [3.63, 3.8) is 0 Å². The Balaban J connectivity index is 2.90. The molecule has 0 saturated heterocycles. The van der Waals surface area contributed by atoms with Crippen molar-refractivity contribution in [3.05, 3.63) is 11.9 Å². The molecule has 0 atom stereocenters. The molecule has 0 amide bonds. The van der Waals surface area contributed by atoms with Gasteiger partial charge >= 0.3 is 0 Å². The van der Waals surface area contributed by atoms with Gasteiger partial charge in [-0.15, -0.1) is 0 Å². The van der Waals surface area contributed by atoms with Crippen molar-refractivity contribution >= 4 is 11.6 Å². The standard InChI is InChI=1S/C11H20N4/c1-6-11(3,4)15-10-7-9(12-5)13-8(2)14-10/h7H,6H2,1-5H3,(H2,12,13,14,15). The van der Waals surface area contributed by atoms with E-state index in [4.69, 9.17) is 0 Å². The van der Waals surface area contributed by atoms with Crippen molar-refractivity contribution in [3.8, 4) is 0 Å². The number of nitrogens with zero attached hydrogens (tertiary/aromatic N) is 2. The molecule has 15 heavy (non-hydrogen) atoms. The Kier molecular flexibility index (Phi) is 3.50. The summed E-state index contributed by atoms with van der Waals surface area (Å²) in [7, 11) is 1.86. The van der Waals surface area contributed by atoms with E-state index in [1.54, 1.807) is 0 Å². The van der Waals surface area contributed by atoms with Gasteiger partial charge in [-0.25, -0.2) is 9.97 Å². The summed E-state index contributed by atoms with van der Waals surface area (Å²) in [5, 5.41) is 6.41. The third-order valence-electron chi connectivity index (χ3n) is 2.44. The topological polar surface area (TPSA) is 49.8 Å². The molecule has 1 aromatic heterocycles. The molecule has 4 nitrogen and oxygen atoms in total. The summed E-state index contributed by atoms with van der Waals surface area (Å²) in [6.45, 7) is 8.36. The third kappa shape index (κ3) is 3.38. The molecule has 0 spiro atoms. The largest absolute Gasteiger partial charge is 0.373 e. The number of nitrogens with one attached hydrogen (secondary N) is 2. The van der Waals surface area contributed by atoms with Gasteiger partial charge in [0, 0.05) is 18.7 Å². The lowest BCUT2D eigenvalue weighted by atomic mass is 10.0. The second-order valence-corrected chi connectivity index (χ2v) is 4.30. The molecular weight excluding hydrogens is 188 g/mol. The van der Waals surface area contributed by atoms with Crippen LogP contribution in [0.15, 0.2) is 6.07 Å². The van der Waals surface area contributed by atoms with E-state index in [0.29, 0.717) is 0 Å². The minimum absolute atomic E-state index is 0.0613. The third-order valence-corrected chi connectivity index (χ3v) is 2.44. The fraction of sp³-hybridized carbons (Fsp3) is 0.636. The van der Waals surface area contributed by atoms with Gasteiger partial charge in [0.1, 0.15) is 17.5 Å². The summed E-state index contributed by atoms with van der Waals surface area (Å²) in [5.74, 6) is 2.49. The lowest BCUT2D eigenvalue weighted by Gasteiger charge is -2.25. The highest BCUT2D eigenvalue weighted by Crippen LogP contribution is 2.18. The van der Waals surface area contributed by atoms with Crippen LogP contribution in [0.1, 0.15) is 33.0 Å². The van der Waals surface area contributed by atoms with Gasteiger partial charge in [0.15, 0.2) is 0 Å². The van der Waals surface area contributed by atoms with Crippen molar-refractivity contribution in [1.29, 1.82) is 0 Å². The van der Waals surface area contributed by atoms with E-state index in [2.05, 4.69) is 41.4 Å². The van der Waals surface area contributed by atoms with Crippen LogP contribution >= 0.6 is 0 Å². The van der Waals surface area contributed by atoms with Crippen LogP contribution < -0.4 is 10.6 Å². The molecule has 1 rings (SSSR count). The van der Waals surface area contributed by atoms with Crippen molar-refractivity contribution < 1.29 is 0 Å². The smallest absolute Gasteiger partial charge is 0.132 e. The van der Waals surface area contributed by atoms with Crippen LogP contribution in [0.3, 0.4) is 0 Å². The predicted octanol–water partition coefficient (Wildman–Crippen LogP) is 2.43. The van der Waals surface area contributed by atoms with Gasteiger partial charge in [0.25, 0.3) is 0 Å². The molecule has 0 unspecified atom stereocenters. The van der Waals surface area contributed by atoms with Gasteiger partial charge in [-0.05, 0) is 27.2 Å². The zero-order valence-electron chi connectivity index (χ0n) is 10.2. The highest BCUT2D eigenvalue weighted by Gasteiger charge is 2.15. The monoisotopic (exact) mass is 208 g/mol. The van der Waals surface area contributed by atoms with Crippen LogP contribution in [0.4, 0.5) is 11.6 Å². The highest BCUT2D eigenvalue weighted by molar-refractivity contribution is 5.48. The Morgan fingerprint density at radius 2 is 1.87 bits per heavy atom. The Bertz CT molecular complexity index is 333. The first kappa shape index (κ1) is 11.8. The number of hydrogen-bond donors (Lipinski definition) is 2. The van der Waals surface area contributed by atoms with E-state index in [9.17, 15) is 0 Å². The molecule has 1 aromatic rings. The SMILES string of the molecule is CCC(C)(C)Nc1cc(NC)nc(C)n1. The number of aryl methyl sites for hydroxylation is 1. The van der Waals surface area contributed by atoms with E-state index in [1.165, 1.54) is 0 Å². The van der Waals surface area contributed by atoms with E-state index in [1.807, 2.05) is 20.0 Å². The molecule has 84 valence electrons. The quantitative estimate of drug-likeness (QED) is 0.798. The Hall–Kier alpha value is -1.32. The normalized spacial score (nSPS) is 11.3. The highest BCUT2D eigenvalue weighted by atomic mass is 15.1. The summed E-state index contributed by atoms with van der Waals surface area (Å²) in [6, 6.07) is 1.92. The molecule has 1 heterocycles.